The maximum atomic E-state index is 5.41. The highest BCUT2D eigenvalue weighted by molar-refractivity contribution is 7.71. The minimum Gasteiger partial charge on any atom is -0.250 e. The quantitative estimate of drug-likeness (QED) is 0.307. The lowest BCUT2D eigenvalue weighted by Gasteiger charge is -2.01. The van der Waals surface area contributed by atoms with E-state index in [4.69, 9.17) is 17.3 Å². The van der Waals surface area contributed by atoms with E-state index in [2.05, 4.69) is 15.3 Å². The highest BCUT2D eigenvalue weighted by atomic mass is 32.1. The van der Waals surface area contributed by atoms with Crippen LogP contribution in [0.4, 0.5) is 0 Å². The number of H-pyrrole nitrogens is 1. The van der Waals surface area contributed by atoms with Crippen molar-refractivity contribution in [2.24, 2.45) is 5.10 Å². The Hall–Kier alpha value is -4.10. The van der Waals surface area contributed by atoms with Crippen molar-refractivity contribution in [3.63, 3.8) is 0 Å². The van der Waals surface area contributed by atoms with Gasteiger partial charge in [-0.3, -0.25) is 0 Å². The van der Waals surface area contributed by atoms with Crippen LogP contribution in [0.15, 0.2) is 102 Å². The molecule has 0 saturated heterocycles. The van der Waals surface area contributed by atoms with Crippen LogP contribution in [-0.4, -0.2) is 30.9 Å². The summed E-state index contributed by atoms with van der Waals surface area (Å²) in [5.74, 6) is 0.651. The lowest BCUT2D eigenvalue weighted by atomic mass is 10.1. The summed E-state index contributed by atoms with van der Waals surface area (Å²) in [5, 5.41) is 16.6. The summed E-state index contributed by atoms with van der Waals surface area (Å²) in [6.07, 6.45) is 3.74. The van der Waals surface area contributed by atoms with Gasteiger partial charge in [-0.1, -0.05) is 78.9 Å². The fourth-order valence-corrected chi connectivity index (χ4v) is 3.49. The van der Waals surface area contributed by atoms with Crippen LogP contribution < -0.4 is 0 Å². The SMILES string of the molecule is S=c1[nH]nc(-c2ccccc2)n1/N=C/c1cn(-c2ccccc2)nc1-c1ccccc1. The highest BCUT2D eigenvalue weighted by Gasteiger charge is 2.12. The van der Waals surface area contributed by atoms with Crippen molar-refractivity contribution >= 4 is 18.4 Å². The highest BCUT2D eigenvalue weighted by Crippen LogP contribution is 2.23. The van der Waals surface area contributed by atoms with Crippen LogP contribution in [0.3, 0.4) is 0 Å². The molecule has 1 N–H and O–H groups in total. The first-order valence-electron chi connectivity index (χ1n) is 9.77. The molecule has 5 aromatic rings. The minimum atomic E-state index is 0.423. The predicted octanol–water partition coefficient (Wildman–Crippen LogP) is 5.34. The molecule has 0 atom stereocenters. The molecule has 6 nitrogen and oxygen atoms in total. The lowest BCUT2D eigenvalue weighted by molar-refractivity contribution is 0.871. The molecule has 0 aliphatic rings. The first-order chi connectivity index (χ1) is 15.3. The van der Waals surface area contributed by atoms with Crippen molar-refractivity contribution < 1.29 is 0 Å². The lowest BCUT2D eigenvalue weighted by Crippen LogP contribution is -1.95. The molecule has 0 bridgehead atoms. The first-order valence-corrected chi connectivity index (χ1v) is 10.2. The van der Waals surface area contributed by atoms with Crippen molar-refractivity contribution in [1.29, 1.82) is 0 Å². The Morgan fingerprint density at radius 1 is 0.806 bits per heavy atom. The van der Waals surface area contributed by atoms with Gasteiger partial charge in [0.1, 0.15) is 5.69 Å². The van der Waals surface area contributed by atoms with E-state index >= 15 is 0 Å². The van der Waals surface area contributed by atoms with Gasteiger partial charge in [-0.15, -0.1) is 0 Å². The number of nitrogens with one attached hydrogen (secondary N) is 1. The van der Waals surface area contributed by atoms with Gasteiger partial charge < -0.3 is 0 Å². The first kappa shape index (κ1) is 18.9. The van der Waals surface area contributed by atoms with E-state index in [-0.39, 0.29) is 0 Å². The van der Waals surface area contributed by atoms with Gasteiger partial charge in [0.2, 0.25) is 4.77 Å². The summed E-state index contributed by atoms with van der Waals surface area (Å²) < 4.78 is 3.90. The Morgan fingerprint density at radius 3 is 2.10 bits per heavy atom. The van der Waals surface area contributed by atoms with Crippen molar-refractivity contribution in [3.8, 4) is 28.3 Å². The second-order valence-corrected chi connectivity index (χ2v) is 7.24. The van der Waals surface area contributed by atoms with E-state index < -0.39 is 0 Å². The Labute approximate surface area is 184 Å². The third-order valence-electron chi connectivity index (χ3n) is 4.81. The normalized spacial score (nSPS) is 11.2. The van der Waals surface area contributed by atoms with Crippen LogP contribution in [0.1, 0.15) is 5.56 Å². The van der Waals surface area contributed by atoms with E-state index in [0.29, 0.717) is 10.6 Å². The summed E-state index contributed by atoms with van der Waals surface area (Å²) in [6, 6.07) is 29.9. The zero-order chi connectivity index (χ0) is 21.0. The molecule has 31 heavy (non-hydrogen) atoms. The molecule has 0 aliphatic carbocycles. The molecular weight excluding hydrogens is 404 g/mol. The molecule has 150 valence electrons. The Morgan fingerprint density at radius 2 is 1.42 bits per heavy atom. The summed E-state index contributed by atoms with van der Waals surface area (Å²) in [4.78, 5) is 0. The number of hydrogen-bond donors (Lipinski definition) is 1. The third-order valence-corrected chi connectivity index (χ3v) is 5.07. The van der Waals surface area contributed by atoms with Gasteiger partial charge in [-0.2, -0.15) is 20.0 Å². The number of para-hydroxylation sites is 1. The van der Waals surface area contributed by atoms with Crippen molar-refractivity contribution in [3.05, 3.63) is 108 Å². The van der Waals surface area contributed by atoms with Crippen molar-refractivity contribution in [2.75, 3.05) is 0 Å². The van der Waals surface area contributed by atoms with Crippen LogP contribution in [0.25, 0.3) is 28.3 Å². The monoisotopic (exact) mass is 422 g/mol. The van der Waals surface area contributed by atoms with Gasteiger partial charge >= 0.3 is 0 Å². The van der Waals surface area contributed by atoms with Crippen LogP contribution in [0.5, 0.6) is 0 Å². The molecule has 2 aromatic heterocycles. The van der Waals surface area contributed by atoms with Gasteiger partial charge in [0.15, 0.2) is 5.82 Å². The Balaban J connectivity index is 1.60. The Bertz CT molecular complexity index is 1380. The fourth-order valence-electron chi connectivity index (χ4n) is 3.31. The number of aromatic amines is 1. The van der Waals surface area contributed by atoms with Crippen LogP contribution in [0.2, 0.25) is 0 Å². The standard InChI is InChI=1S/C24H18N6S/c31-24-27-26-23(19-12-6-2-7-13-19)30(24)25-16-20-17-29(21-14-8-3-9-15-21)28-22(20)18-10-4-1-5-11-18/h1-17H,(H,27,31)/b25-16+. The molecule has 5 rings (SSSR count). The molecule has 0 aliphatic heterocycles. The van der Waals surface area contributed by atoms with Gasteiger partial charge in [0.25, 0.3) is 0 Å². The molecule has 0 spiro atoms. The summed E-state index contributed by atoms with van der Waals surface area (Å²) in [7, 11) is 0. The maximum Gasteiger partial charge on any atom is 0.216 e. The van der Waals surface area contributed by atoms with E-state index in [1.54, 1.807) is 10.9 Å². The van der Waals surface area contributed by atoms with Crippen LogP contribution >= 0.6 is 12.2 Å². The third kappa shape index (κ3) is 3.86. The van der Waals surface area contributed by atoms with Gasteiger partial charge in [0.05, 0.1) is 11.9 Å². The number of nitrogens with zero attached hydrogens (tertiary/aromatic N) is 5. The molecule has 0 unspecified atom stereocenters. The molecule has 0 radical (unpaired) electrons. The molecular formula is C24H18N6S. The molecule has 7 heteroatoms. The van der Waals surface area contributed by atoms with Crippen molar-refractivity contribution in [2.45, 2.75) is 0 Å². The number of hydrogen-bond acceptors (Lipinski definition) is 4. The van der Waals surface area contributed by atoms with E-state index in [0.717, 1.165) is 28.1 Å². The smallest absolute Gasteiger partial charge is 0.216 e. The van der Waals surface area contributed by atoms with E-state index in [1.165, 1.54) is 0 Å². The van der Waals surface area contributed by atoms with Gasteiger partial charge in [-0.25, -0.2) is 9.78 Å². The van der Waals surface area contributed by atoms with E-state index in [9.17, 15) is 0 Å². The van der Waals surface area contributed by atoms with Crippen molar-refractivity contribution in [1.82, 2.24) is 24.7 Å². The molecule has 0 amide bonds. The van der Waals surface area contributed by atoms with E-state index in [1.807, 2.05) is 102 Å². The second-order valence-electron chi connectivity index (χ2n) is 6.85. The predicted molar refractivity (Wildman–Crippen MR) is 125 cm³/mol. The molecule has 3 aromatic carbocycles. The summed E-state index contributed by atoms with van der Waals surface area (Å²) in [5.41, 5.74) is 4.62. The number of rotatable bonds is 5. The summed E-state index contributed by atoms with van der Waals surface area (Å²) >= 11 is 5.41. The van der Waals surface area contributed by atoms with Crippen LogP contribution in [-0.2, 0) is 0 Å². The van der Waals surface area contributed by atoms with Gasteiger partial charge in [0, 0.05) is 22.9 Å². The minimum absolute atomic E-state index is 0.423. The largest absolute Gasteiger partial charge is 0.250 e. The average molecular weight is 423 g/mol. The summed E-state index contributed by atoms with van der Waals surface area (Å²) in [6.45, 7) is 0. The molecule has 0 fully saturated rings. The Kier molecular flexibility index (Phi) is 5.08. The topological polar surface area (TPSA) is 63.8 Å². The fraction of sp³-hybridized carbons (Fsp3) is 0. The maximum absolute atomic E-state index is 5.41. The van der Waals surface area contributed by atoms with Crippen LogP contribution in [0, 0.1) is 4.77 Å². The zero-order valence-electron chi connectivity index (χ0n) is 16.5. The number of benzene rings is 3. The van der Waals surface area contributed by atoms with Gasteiger partial charge in [-0.05, 0) is 24.4 Å². The molecule has 0 saturated carbocycles. The average Bonchev–Trinajstić information content (AvgIpc) is 3.43. The second kappa shape index (κ2) is 8.33. The number of aromatic nitrogens is 5. The zero-order valence-corrected chi connectivity index (χ0v) is 17.3. The molecule has 2 heterocycles.